The number of esters is 1. The van der Waals surface area contributed by atoms with Crippen molar-refractivity contribution in [2.24, 2.45) is 5.73 Å². The Morgan fingerprint density at radius 2 is 1.43 bits per heavy atom. The topological polar surface area (TPSA) is 70.8 Å². The van der Waals surface area contributed by atoms with Crippen molar-refractivity contribution in [1.82, 2.24) is 0 Å². The van der Waals surface area contributed by atoms with Crippen molar-refractivity contribution in [2.75, 3.05) is 6.61 Å². The summed E-state index contributed by atoms with van der Waals surface area (Å²) in [5, 5.41) is 0. The second-order valence-electron chi connectivity index (χ2n) is 6.22. The van der Waals surface area contributed by atoms with Crippen molar-refractivity contribution in [3.8, 4) is 23.0 Å². The predicted molar refractivity (Wildman–Crippen MR) is 115 cm³/mol. The highest BCUT2D eigenvalue weighted by Crippen LogP contribution is 2.37. The van der Waals surface area contributed by atoms with Gasteiger partial charge in [-0.25, -0.2) is 9.18 Å². The second-order valence-corrected chi connectivity index (χ2v) is 6.22. The van der Waals surface area contributed by atoms with Crippen molar-refractivity contribution in [3.63, 3.8) is 0 Å². The SMILES string of the molecule is CCOC(=O)C(F)[C@H](N)c1ccc(Oc2ccccc2)c(Oc2ccccc2)c1.Cl. The highest BCUT2D eigenvalue weighted by molar-refractivity contribution is 5.85. The average molecular weight is 432 g/mol. The first-order valence-electron chi connectivity index (χ1n) is 9.24. The van der Waals surface area contributed by atoms with Gasteiger partial charge in [-0.2, -0.15) is 0 Å². The van der Waals surface area contributed by atoms with Gasteiger partial charge in [-0.3, -0.25) is 0 Å². The van der Waals surface area contributed by atoms with Crippen LogP contribution in [0.15, 0.2) is 78.9 Å². The van der Waals surface area contributed by atoms with Gasteiger partial charge in [0.1, 0.15) is 11.5 Å². The Hall–Kier alpha value is -3.09. The fraction of sp³-hybridized carbons (Fsp3) is 0.174. The minimum atomic E-state index is -1.99. The van der Waals surface area contributed by atoms with Gasteiger partial charge >= 0.3 is 5.97 Å². The third-order valence-corrected chi connectivity index (χ3v) is 4.12. The molecule has 0 aromatic heterocycles. The van der Waals surface area contributed by atoms with Gasteiger partial charge in [0.05, 0.1) is 12.6 Å². The monoisotopic (exact) mass is 431 g/mol. The van der Waals surface area contributed by atoms with E-state index in [1.54, 1.807) is 37.3 Å². The zero-order valence-electron chi connectivity index (χ0n) is 16.4. The first kappa shape index (κ1) is 23.2. The maximum absolute atomic E-state index is 14.4. The van der Waals surface area contributed by atoms with Crippen LogP contribution < -0.4 is 15.2 Å². The van der Waals surface area contributed by atoms with Crippen LogP contribution in [-0.4, -0.2) is 18.7 Å². The van der Waals surface area contributed by atoms with Gasteiger partial charge in [-0.15, -0.1) is 12.4 Å². The summed E-state index contributed by atoms with van der Waals surface area (Å²) in [6, 6.07) is 21.9. The molecule has 0 aliphatic heterocycles. The van der Waals surface area contributed by atoms with E-state index in [1.807, 2.05) is 48.5 Å². The number of halogens is 2. The number of alkyl halides is 1. The lowest BCUT2D eigenvalue weighted by Gasteiger charge is -2.18. The molecule has 30 heavy (non-hydrogen) atoms. The van der Waals surface area contributed by atoms with E-state index in [4.69, 9.17) is 19.9 Å². The third kappa shape index (κ3) is 5.95. The highest BCUT2D eigenvalue weighted by Gasteiger charge is 2.28. The molecule has 3 rings (SSSR count). The Balaban J connectivity index is 0.00000320. The number of para-hydroxylation sites is 2. The average Bonchev–Trinajstić information content (AvgIpc) is 2.75. The molecule has 0 fully saturated rings. The van der Waals surface area contributed by atoms with Crippen LogP contribution in [0.2, 0.25) is 0 Å². The van der Waals surface area contributed by atoms with Crippen molar-refractivity contribution in [2.45, 2.75) is 19.1 Å². The number of nitrogens with two attached hydrogens (primary N) is 1. The van der Waals surface area contributed by atoms with E-state index < -0.39 is 18.2 Å². The lowest BCUT2D eigenvalue weighted by atomic mass is 10.0. The molecule has 1 unspecified atom stereocenters. The Morgan fingerprint density at radius 3 is 1.97 bits per heavy atom. The minimum Gasteiger partial charge on any atom is -0.464 e. The van der Waals surface area contributed by atoms with Crippen LogP contribution in [0.3, 0.4) is 0 Å². The molecule has 0 aliphatic rings. The molecule has 5 nitrogen and oxygen atoms in total. The summed E-state index contributed by atoms with van der Waals surface area (Å²) in [5.41, 5.74) is 6.35. The smallest absolute Gasteiger partial charge is 0.342 e. The largest absolute Gasteiger partial charge is 0.464 e. The molecule has 7 heteroatoms. The molecule has 0 amide bonds. The fourth-order valence-corrected chi connectivity index (χ4v) is 2.66. The first-order valence-corrected chi connectivity index (χ1v) is 9.24. The number of hydrogen-bond acceptors (Lipinski definition) is 5. The Labute approximate surface area is 181 Å². The maximum atomic E-state index is 14.4. The van der Waals surface area contributed by atoms with E-state index in [1.165, 1.54) is 0 Å². The van der Waals surface area contributed by atoms with Gasteiger partial charge in [-0.05, 0) is 48.9 Å². The molecular formula is C23H23ClFNO4. The van der Waals surface area contributed by atoms with Crippen LogP contribution in [0.4, 0.5) is 4.39 Å². The molecule has 0 bridgehead atoms. The molecule has 2 atom stereocenters. The molecule has 0 spiro atoms. The first-order chi connectivity index (χ1) is 14.1. The molecule has 3 aromatic rings. The highest BCUT2D eigenvalue weighted by atomic mass is 35.5. The molecule has 0 saturated heterocycles. The zero-order chi connectivity index (χ0) is 20.6. The lowest BCUT2D eigenvalue weighted by molar-refractivity contribution is -0.149. The summed E-state index contributed by atoms with van der Waals surface area (Å²) in [7, 11) is 0. The second kappa shape index (κ2) is 11.2. The number of carbonyl (C=O) groups excluding carboxylic acids is 1. The molecule has 0 heterocycles. The number of benzene rings is 3. The third-order valence-electron chi connectivity index (χ3n) is 4.12. The molecule has 0 radical (unpaired) electrons. The molecular weight excluding hydrogens is 409 g/mol. The predicted octanol–water partition coefficient (Wildman–Crippen LogP) is 5.59. The van der Waals surface area contributed by atoms with Gasteiger partial charge < -0.3 is 19.9 Å². The van der Waals surface area contributed by atoms with Crippen molar-refractivity contribution >= 4 is 18.4 Å². The van der Waals surface area contributed by atoms with E-state index in [0.717, 1.165) is 0 Å². The summed E-state index contributed by atoms with van der Waals surface area (Å²) >= 11 is 0. The van der Waals surface area contributed by atoms with Crippen LogP contribution in [0.1, 0.15) is 18.5 Å². The summed E-state index contributed by atoms with van der Waals surface area (Å²) in [6.07, 6.45) is -1.99. The van der Waals surface area contributed by atoms with E-state index in [2.05, 4.69) is 0 Å². The van der Waals surface area contributed by atoms with Crippen molar-refractivity contribution in [1.29, 1.82) is 0 Å². The zero-order valence-corrected chi connectivity index (χ0v) is 17.2. The van der Waals surface area contributed by atoms with Gasteiger partial charge in [-0.1, -0.05) is 42.5 Å². The van der Waals surface area contributed by atoms with E-state index in [9.17, 15) is 9.18 Å². The maximum Gasteiger partial charge on any atom is 0.342 e. The number of hydrogen-bond donors (Lipinski definition) is 1. The molecule has 0 aliphatic carbocycles. The van der Waals surface area contributed by atoms with Gasteiger partial charge in [0.25, 0.3) is 0 Å². The van der Waals surface area contributed by atoms with Gasteiger partial charge in [0.2, 0.25) is 6.17 Å². The van der Waals surface area contributed by atoms with Gasteiger partial charge in [0.15, 0.2) is 11.5 Å². The quantitative estimate of drug-likeness (QED) is 0.470. The van der Waals surface area contributed by atoms with Crippen LogP contribution in [0.5, 0.6) is 23.0 Å². The fourth-order valence-electron chi connectivity index (χ4n) is 2.66. The van der Waals surface area contributed by atoms with Gasteiger partial charge in [0, 0.05) is 0 Å². The van der Waals surface area contributed by atoms with Crippen LogP contribution in [0.25, 0.3) is 0 Å². The molecule has 3 aromatic carbocycles. The normalized spacial score (nSPS) is 12.2. The van der Waals surface area contributed by atoms with Crippen LogP contribution in [-0.2, 0) is 9.53 Å². The minimum absolute atomic E-state index is 0. The van der Waals surface area contributed by atoms with Crippen molar-refractivity contribution < 1.29 is 23.4 Å². The Morgan fingerprint density at radius 1 is 0.900 bits per heavy atom. The summed E-state index contributed by atoms with van der Waals surface area (Å²) in [6.45, 7) is 1.69. The molecule has 0 saturated carbocycles. The number of carbonyl (C=O) groups is 1. The number of ether oxygens (including phenoxy) is 3. The van der Waals surface area contributed by atoms with E-state index in [-0.39, 0.29) is 19.0 Å². The summed E-state index contributed by atoms with van der Waals surface area (Å²) < 4.78 is 31.0. The van der Waals surface area contributed by atoms with E-state index >= 15 is 0 Å². The Bertz CT molecular complexity index is 940. The molecule has 2 N–H and O–H groups in total. The van der Waals surface area contributed by atoms with Crippen LogP contribution in [0, 0.1) is 0 Å². The lowest BCUT2D eigenvalue weighted by Crippen LogP contribution is -2.31. The van der Waals surface area contributed by atoms with Crippen LogP contribution >= 0.6 is 12.4 Å². The summed E-state index contributed by atoms with van der Waals surface area (Å²) in [5.74, 6) is 0.998. The summed E-state index contributed by atoms with van der Waals surface area (Å²) in [4.78, 5) is 11.7. The van der Waals surface area contributed by atoms with E-state index in [0.29, 0.717) is 28.6 Å². The number of rotatable bonds is 8. The standard InChI is InChI=1S/C23H22FNO4.ClH/c1-2-27-23(26)21(24)22(25)16-13-14-19(28-17-9-5-3-6-10-17)20(15-16)29-18-11-7-4-8-12-18;/h3-15,21-22H,2,25H2,1H3;1H/t21?,22-;/m1./s1. The van der Waals surface area contributed by atoms with Crippen molar-refractivity contribution in [3.05, 3.63) is 84.4 Å². The Kier molecular flexibility index (Phi) is 8.65. The molecule has 158 valence electrons.